The average molecular weight is 291 g/mol. The second kappa shape index (κ2) is 6.47. The summed E-state index contributed by atoms with van der Waals surface area (Å²) in [6.45, 7) is 3.66. The predicted molar refractivity (Wildman–Crippen MR) is 77.1 cm³/mol. The van der Waals surface area contributed by atoms with Gasteiger partial charge in [0.05, 0.1) is 5.25 Å². The van der Waals surface area contributed by atoms with Crippen molar-refractivity contribution in [2.24, 2.45) is 0 Å². The van der Waals surface area contributed by atoms with E-state index in [2.05, 4.69) is 15.3 Å². The summed E-state index contributed by atoms with van der Waals surface area (Å²) in [7, 11) is 0. The topological polar surface area (TPSA) is 54.9 Å². The number of anilines is 1. The Bertz CT molecular complexity index is 604. The maximum absolute atomic E-state index is 12.8. The van der Waals surface area contributed by atoms with Gasteiger partial charge >= 0.3 is 0 Å². The molecule has 0 saturated carbocycles. The molecule has 0 aliphatic heterocycles. The molecule has 104 valence electrons. The van der Waals surface area contributed by atoms with Crippen LogP contribution in [0.3, 0.4) is 0 Å². The third-order valence-corrected chi connectivity index (χ3v) is 3.59. The van der Waals surface area contributed by atoms with Crippen molar-refractivity contribution in [3.8, 4) is 0 Å². The van der Waals surface area contributed by atoms with E-state index in [0.717, 1.165) is 10.7 Å². The van der Waals surface area contributed by atoms with Crippen molar-refractivity contribution in [2.45, 2.75) is 24.1 Å². The van der Waals surface area contributed by atoms with Crippen LogP contribution in [0.2, 0.25) is 0 Å². The smallest absolute Gasteiger partial charge is 0.237 e. The summed E-state index contributed by atoms with van der Waals surface area (Å²) in [6, 6.07) is 7.49. The molecule has 1 aromatic carbocycles. The molecule has 4 nitrogen and oxygen atoms in total. The van der Waals surface area contributed by atoms with Gasteiger partial charge < -0.3 is 5.32 Å². The van der Waals surface area contributed by atoms with Crippen molar-refractivity contribution in [3.05, 3.63) is 48.2 Å². The number of thioether (sulfide) groups is 1. The Morgan fingerprint density at radius 1 is 1.30 bits per heavy atom. The maximum atomic E-state index is 12.8. The molecule has 2 aromatic rings. The van der Waals surface area contributed by atoms with Gasteiger partial charge in [-0.3, -0.25) is 4.79 Å². The largest absolute Gasteiger partial charge is 0.325 e. The molecule has 2 rings (SSSR count). The second-order valence-corrected chi connectivity index (χ2v) is 5.61. The maximum Gasteiger partial charge on any atom is 0.237 e. The fraction of sp³-hybridized carbons (Fsp3) is 0.214. The van der Waals surface area contributed by atoms with Crippen LogP contribution in [-0.4, -0.2) is 21.1 Å². The van der Waals surface area contributed by atoms with Crippen LogP contribution in [0.4, 0.5) is 10.1 Å². The van der Waals surface area contributed by atoms with Gasteiger partial charge in [0.25, 0.3) is 0 Å². The van der Waals surface area contributed by atoms with E-state index < -0.39 is 0 Å². The zero-order valence-electron chi connectivity index (χ0n) is 11.1. The Morgan fingerprint density at radius 3 is 2.65 bits per heavy atom. The summed E-state index contributed by atoms with van der Waals surface area (Å²) < 4.78 is 12.8. The Hall–Kier alpha value is -1.95. The van der Waals surface area contributed by atoms with Crippen molar-refractivity contribution in [3.63, 3.8) is 0 Å². The molecule has 1 heterocycles. The van der Waals surface area contributed by atoms with E-state index in [4.69, 9.17) is 0 Å². The number of aryl methyl sites for hydroxylation is 1. The summed E-state index contributed by atoms with van der Waals surface area (Å²) in [5.74, 6) is -0.486. The third kappa shape index (κ3) is 4.03. The molecule has 1 amide bonds. The molecule has 6 heteroatoms. The van der Waals surface area contributed by atoms with Gasteiger partial charge in [-0.25, -0.2) is 14.4 Å². The minimum absolute atomic E-state index is 0.155. The highest BCUT2D eigenvalue weighted by Crippen LogP contribution is 2.22. The Morgan fingerprint density at radius 2 is 2.00 bits per heavy atom. The fourth-order valence-corrected chi connectivity index (χ4v) is 2.38. The van der Waals surface area contributed by atoms with Gasteiger partial charge in [0.15, 0.2) is 0 Å². The number of amides is 1. The molecule has 1 atom stereocenters. The summed E-state index contributed by atoms with van der Waals surface area (Å²) >= 11 is 1.35. The predicted octanol–water partition coefficient (Wildman–Crippen LogP) is 3.04. The zero-order valence-corrected chi connectivity index (χ0v) is 11.9. The summed E-state index contributed by atoms with van der Waals surface area (Å²) in [5, 5.41) is 3.17. The quantitative estimate of drug-likeness (QED) is 0.695. The molecule has 0 unspecified atom stereocenters. The molecule has 0 radical (unpaired) electrons. The SMILES string of the molecule is Cc1cc(S[C@@H](C)C(=O)Nc2ccc(F)cc2)ncn1. The number of benzene rings is 1. The number of carbonyl (C=O) groups is 1. The highest BCUT2D eigenvalue weighted by Gasteiger charge is 2.15. The Kier molecular flexibility index (Phi) is 4.68. The number of rotatable bonds is 4. The highest BCUT2D eigenvalue weighted by molar-refractivity contribution is 8.00. The van der Waals surface area contributed by atoms with Gasteiger partial charge in [-0.2, -0.15) is 0 Å². The van der Waals surface area contributed by atoms with E-state index in [-0.39, 0.29) is 17.0 Å². The van der Waals surface area contributed by atoms with E-state index in [1.54, 1.807) is 6.92 Å². The number of nitrogens with one attached hydrogen (secondary N) is 1. The second-order valence-electron chi connectivity index (χ2n) is 4.25. The fourth-order valence-electron chi connectivity index (χ4n) is 1.51. The Balaban J connectivity index is 1.96. The first kappa shape index (κ1) is 14.5. The lowest BCUT2D eigenvalue weighted by atomic mass is 10.3. The molecule has 0 bridgehead atoms. The van der Waals surface area contributed by atoms with Crippen LogP contribution in [0.5, 0.6) is 0 Å². The molecular weight excluding hydrogens is 277 g/mol. The van der Waals surface area contributed by atoms with Crippen LogP contribution < -0.4 is 5.32 Å². The number of aromatic nitrogens is 2. The number of carbonyl (C=O) groups excluding carboxylic acids is 1. The normalized spacial score (nSPS) is 11.9. The van der Waals surface area contributed by atoms with E-state index in [1.165, 1.54) is 42.4 Å². The molecule has 1 aromatic heterocycles. The van der Waals surface area contributed by atoms with Crippen LogP contribution in [-0.2, 0) is 4.79 Å². The monoisotopic (exact) mass is 291 g/mol. The van der Waals surface area contributed by atoms with Gasteiger partial charge in [0.2, 0.25) is 5.91 Å². The van der Waals surface area contributed by atoms with E-state index >= 15 is 0 Å². The van der Waals surface area contributed by atoms with Crippen LogP contribution in [0.25, 0.3) is 0 Å². The molecule has 0 aliphatic rings. The van der Waals surface area contributed by atoms with Crippen molar-refractivity contribution < 1.29 is 9.18 Å². The summed E-state index contributed by atoms with van der Waals surface area (Å²) in [4.78, 5) is 20.1. The molecule has 0 fully saturated rings. The van der Waals surface area contributed by atoms with Crippen LogP contribution in [0.1, 0.15) is 12.6 Å². The van der Waals surface area contributed by atoms with Crippen LogP contribution in [0, 0.1) is 12.7 Å². The average Bonchev–Trinajstić information content (AvgIpc) is 2.41. The minimum atomic E-state index is -0.332. The molecule has 20 heavy (non-hydrogen) atoms. The molecule has 0 aliphatic carbocycles. The first-order chi connectivity index (χ1) is 9.54. The number of nitrogens with zero attached hydrogens (tertiary/aromatic N) is 2. The van der Waals surface area contributed by atoms with Crippen molar-refractivity contribution in [1.82, 2.24) is 9.97 Å². The zero-order chi connectivity index (χ0) is 14.5. The Labute approximate surface area is 120 Å². The lowest BCUT2D eigenvalue weighted by Gasteiger charge is -2.11. The van der Waals surface area contributed by atoms with E-state index in [1.807, 2.05) is 13.0 Å². The summed E-state index contributed by atoms with van der Waals surface area (Å²) in [6.07, 6.45) is 1.47. The van der Waals surface area contributed by atoms with Gasteiger partial charge in [0.1, 0.15) is 17.2 Å². The van der Waals surface area contributed by atoms with Crippen LogP contribution in [0.15, 0.2) is 41.7 Å². The minimum Gasteiger partial charge on any atom is -0.325 e. The van der Waals surface area contributed by atoms with Crippen molar-refractivity contribution in [2.75, 3.05) is 5.32 Å². The molecule has 0 saturated heterocycles. The van der Waals surface area contributed by atoms with Gasteiger partial charge in [-0.15, -0.1) is 0 Å². The number of halogens is 1. The highest BCUT2D eigenvalue weighted by atomic mass is 32.2. The molecule has 1 N–H and O–H groups in total. The molecular formula is C14H14FN3OS. The number of hydrogen-bond donors (Lipinski definition) is 1. The first-order valence-corrected chi connectivity index (χ1v) is 6.94. The lowest BCUT2D eigenvalue weighted by Crippen LogP contribution is -2.22. The standard InChI is InChI=1S/C14H14FN3OS/c1-9-7-13(17-8-16-9)20-10(2)14(19)18-12-5-3-11(15)4-6-12/h3-8,10H,1-2H3,(H,18,19)/t10-/m0/s1. The van der Waals surface area contributed by atoms with Gasteiger partial charge in [-0.1, -0.05) is 11.8 Å². The van der Waals surface area contributed by atoms with Gasteiger partial charge in [-0.05, 0) is 44.2 Å². The first-order valence-electron chi connectivity index (χ1n) is 6.06. The molecule has 0 spiro atoms. The third-order valence-electron chi connectivity index (χ3n) is 2.56. The van der Waals surface area contributed by atoms with Gasteiger partial charge in [0, 0.05) is 11.4 Å². The van der Waals surface area contributed by atoms with Crippen LogP contribution >= 0.6 is 11.8 Å². The van der Waals surface area contributed by atoms with E-state index in [9.17, 15) is 9.18 Å². The van der Waals surface area contributed by atoms with E-state index in [0.29, 0.717) is 5.69 Å². The summed E-state index contributed by atoms with van der Waals surface area (Å²) in [5.41, 5.74) is 1.43. The lowest BCUT2D eigenvalue weighted by molar-refractivity contribution is -0.115. The number of hydrogen-bond acceptors (Lipinski definition) is 4. The van der Waals surface area contributed by atoms with Crippen molar-refractivity contribution in [1.29, 1.82) is 0 Å². The van der Waals surface area contributed by atoms with Crippen molar-refractivity contribution >= 4 is 23.4 Å².